The highest BCUT2D eigenvalue weighted by Crippen LogP contribution is 2.28. The number of fused-ring (bicyclic) bond motifs is 2. The average Bonchev–Trinajstić information content (AvgIpc) is 2.84. The highest BCUT2D eigenvalue weighted by atomic mass is 32.2. The van der Waals surface area contributed by atoms with E-state index in [0.29, 0.717) is 51.2 Å². The second-order valence-electron chi connectivity index (χ2n) is 8.92. The number of anilines is 1. The fraction of sp³-hybridized carbons (Fsp3) is 0.111. The summed E-state index contributed by atoms with van der Waals surface area (Å²) in [6, 6.07) is 16.2. The van der Waals surface area contributed by atoms with Crippen LogP contribution in [0, 0.1) is 6.92 Å². The molecule has 0 saturated heterocycles. The van der Waals surface area contributed by atoms with Gasteiger partial charge in [0.05, 0.1) is 5.52 Å². The molecule has 37 heavy (non-hydrogen) atoms. The predicted molar refractivity (Wildman–Crippen MR) is 142 cm³/mol. The molecule has 0 radical (unpaired) electrons. The zero-order valence-corrected chi connectivity index (χ0v) is 20.8. The Hall–Kier alpha value is -4.41. The molecule has 5 rings (SSSR count). The molecule has 0 aliphatic heterocycles. The van der Waals surface area contributed by atoms with E-state index in [0.717, 1.165) is 16.3 Å². The molecule has 1 amide bonds. The van der Waals surface area contributed by atoms with E-state index >= 15 is 0 Å². The molecule has 5 aromatic rings. The van der Waals surface area contributed by atoms with Crippen LogP contribution in [0.4, 0.5) is 5.82 Å². The van der Waals surface area contributed by atoms with Gasteiger partial charge >= 0.3 is 0 Å². The Morgan fingerprint density at radius 3 is 2.41 bits per heavy atom. The summed E-state index contributed by atoms with van der Waals surface area (Å²) < 4.78 is 24.8. The Bertz CT molecular complexity index is 1820. The van der Waals surface area contributed by atoms with Crippen LogP contribution in [0.1, 0.15) is 38.4 Å². The van der Waals surface area contributed by atoms with Crippen molar-refractivity contribution in [2.24, 2.45) is 10.9 Å². The number of aryl methyl sites for hydroxylation is 1. The highest BCUT2D eigenvalue weighted by molar-refractivity contribution is 7.89. The second-order valence-corrected chi connectivity index (χ2v) is 10.4. The third kappa shape index (κ3) is 4.84. The standard InChI is InChI=1S/C27H24N6O3S/c1-15-2-4-19-11-17(14-24(25(19)33-15)37(30,35)36)13-23-22(21(27(29)34)7-9-31-23)12-16-3-5-20-18(10-16)6-8-32-26(20)28/h2-11,14H,12-13H2,1H3,(H2,28,32)(H2,29,34)(H2,30,35,36). The van der Waals surface area contributed by atoms with Crippen LogP contribution in [0.15, 0.2) is 71.9 Å². The van der Waals surface area contributed by atoms with Gasteiger partial charge in [0.15, 0.2) is 0 Å². The molecule has 186 valence electrons. The summed E-state index contributed by atoms with van der Waals surface area (Å²) in [5.41, 5.74) is 15.9. The van der Waals surface area contributed by atoms with Crippen molar-refractivity contribution in [1.82, 2.24) is 15.0 Å². The van der Waals surface area contributed by atoms with E-state index < -0.39 is 15.9 Å². The number of aromatic nitrogens is 3. The smallest absolute Gasteiger partial charge is 0.249 e. The number of carbonyl (C=O) groups is 1. The van der Waals surface area contributed by atoms with Crippen molar-refractivity contribution in [2.75, 3.05) is 5.73 Å². The summed E-state index contributed by atoms with van der Waals surface area (Å²) in [5.74, 6) is -0.133. The summed E-state index contributed by atoms with van der Waals surface area (Å²) in [6.45, 7) is 1.78. The molecule has 10 heteroatoms. The Kier molecular flexibility index (Phi) is 6.06. The minimum atomic E-state index is -4.04. The molecular weight excluding hydrogens is 488 g/mol. The van der Waals surface area contributed by atoms with Crippen LogP contribution in [0.2, 0.25) is 0 Å². The van der Waals surface area contributed by atoms with Crippen molar-refractivity contribution in [2.45, 2.75) is 24.7 Å². The molecule has 0 atom stereocenters. The molecule has 9 nitrogen and oxygen atoms in total. The van der Waals surface area contributed by atoms with Crippen LogP contribution in [-0.2, 0) is 22.9 Å². The number of primary amides is 1. The highest BCUT2D eigenvalue weighted by Gasteiger charge is 2.19. The van der Waals surface area contributed by atoms with Gasteiger partial charge in [-0.05, 0) is 59.3 Å². The first-order chi connectivity index (χ1) is 17.6. The summed E-state index contributed by atoms with van der Waals surface area (Å²) in [7, 11) is -4.04. The number of nitrogen functional groups attached to an aromatic ring is 1. The Balaban J connectivity index is 1.61. The summed E-state index contributed by atoms with van der Waals surface area (Å²) in [4.78, 5) is 25.3. The molecule has 0 fully saturated rings. The number of hydrogen-bond donors (Lipinski definition) is 3. The average molecular weight is 513 g/mol. The van der Waals surface area contributed by atoms with Gasteiger partial charge < -0.3 is 11.5 Å². The largest absolute Gasteiger partial charge is 0.383 e. The van der Waals surface area contributed by atoms with Crippen molar-refractivity contribution in [3.63, 3.8) is 0 Å². The lowest BCUT2D eigenvalue weighted by Crippen LogP contribution is -2.17. The lowest BCUT2D eigenvalue weighted by atomic mass is 9.94. The topological polar surface area (TPSA) is 168 Å². The number of pyridine rings is 3. The zero-order chi connectivity index (χ0) is 26.3. The maximum atomic E-state index is 12.4. The maximum absolute atomic E-state index is 12.4. The van der Waals surface area contributed by atoms with Gasteiger partial charge in [0.2, 0.25) is 15.9 Å². The maximum Gasteiger partial charge on any atom is 0.249 e. The molecule has 0 bridgehead atoms. The molecule has 0 unspecified atom stereocenters. The number of amides is 1. The molecule has 0 saturated carbocycles. The fourth-order valence-electron chi connectivity index (χ4n) is 4.55. The molecule has 0 spiro atoms. The zero-order valence-electron chi connectivity index (χ0n) is 20.0. The van der Waals surface area contributed by atoms with Gasteiger partial charge in [-0.2, -0.15) is 0 Å². The first-order valence-corrected chi connectivity index (χ1v) is 13.0. The van der Waals surface area contributed by atoms with Gasteiger partial charge in [-0.3, -0.25) is 14.8 Å². The van der Waals surface area contributed by atoms with Crippen molar-refractivity contribution in [3.8, 4) is 0 Å². The van der Waals surface area contributed by atoms with E-state index in [1.807, 2.05) is 30.3 Å². The quantitative estimate of drug-likeness (QED) is 0.314. The SMILES string of the molecule is Cc1ccc2cc(Cc3nccc(C(N)=O)c3Cc3ccc4c(N)nccc4c3)cc(S(N)(=O)=O)c2n1. The number of nitrogens with two attached hydrogens (primary N) is 3. The van der Waals surface area contributed by atoms with Gasteiger partial charge in [-0.15, -0.1) is 0 Å². The molecule has 3 heterocycles. The number of rotatable bonds is 6. The molecule has 3 aromatic heterocycles. The van der Waals surface area contributed by atoms with Crippen LogP contribution < -0.4 is 16.6 Å². The van der Waals surface area contributed by atoms with Crippen molar-refractivity contribution < 1.29 is 13.2 Å². The first kappa shape index (κ1) is 24.3. The number of primary sulfonamides is 1. The lowest BCUT2D eigenvalue weighted by Gasteiger charge is -2.14. The Morgan fingerprint density at radius 1 is 0.892 bits per heavy atom. The van der Waals surface area contributed by atoms with Crippen molar-refractivity contribution in [3.05, 3.63) is 101 Å². The minimum absolute atomic E-state index is 0.0583. The van der Waals surface area contributed by atoms with Gasteiger partial charge in [0.25, 0.3) is 0 Å². The van der Waals surface area contributed by atoms with Gasteiger partial charge in [0.1, 0.15) is 10.7 Å². The number of nitrogens with zero attached hydrogens (tertiary/aromatic N) is 3. The van der Waals surface area contributed by atoms with Gasteiger partial charge in [0, 0.05) is 53.0 Å². The van der Waals surface area contributed by atoms with Crippen LogP contribution in [0.5, 0.6) is 0 Å². The van der Waals surface area contributed by atoms with Gasteiger partial charge in [-0.25, -0.2) is 18.5 Å². The lowest BCUT2D eigenvalue weighted by molar-refractivity contribution is 0.0999. The van der Waals surface area contributed by atoms with E-state index in [2.05, 4.69) is 15.0 Å². The van der Waals surface area contributed by atoms with Crippen LogP contribution in [0.25, 0.3) is 21.7 Å². The normalized spacial score (nSPS) is 11.7. The first-order valence-electron chi connectivity index (χ1n) is 11.4. The molecule has 0 aliphatic rings. The van der Waals surface area contributed by atoms with E-state index in [-0.39, 0.29) is 11.3 Å². The third-order valence-corrected chi connectivity index (χ3v) is 7.21. The van der Waals surface area contributed by atoms with Crippen LogP contribution >= 0.6 is 0 Å². The molecule has 6 N–H and O–H groups in total. The monoisotopic (exact) mass is 512 g/mol. The third-order valence-electron chi connectivity index (χ3n) is 6.29. The predicted octanol–water partition coefficient (Wildman–Crippen LogP) is 3.00. The molecule has 0 aliphatic carbocycles. The van der Waals surface area contributed by atoms with Crippen LogP contribution in [-0.4, -0.2) is 29.3 Å². The van der Waals surface area contributed by atoms with E-state index in [4.69, 9.17) is 16.6 Å². The number of carbonyl (C=O) groups excluding carboxylic acids is 1. The van der Waals surface area contributed by atoms with E-state index in [9.17, 15) is 13.2 Å². The van der Waals surface area contributed by atoms with Crippen molar-refractivity contribution in [1.29, 1.82) is 0 Å². The Labute approximate surface area is 213 Å². The number of sulfonamides is 1. The van der Waals surface area contributed by atoms with Crippen LogP contribution in [0.3, 0.4) is 0 Å². The number of benzene rings is 2. The number of hydrogen-bond acceptors (Lipinski definition) is 7. The molecular formula is C27H24N6O3S. The van der Waals surface area contributed by atoms with E-state index in [1.165, 1.54) is 12.3 Å². The minimum Gasteiger partial charge on any atom is -0.383 e. The van der Waals surface area contributed by atoms with Gasteiger partial charge in [-0.1, -0.05) is 24.3 Å². The molecule has 2 aromatic carbocycles. The summed E-state index contributed by atoms with van der Waals surface area (Å²) >= 11 is 0. The summed E-state index contributed by atoms with van der Waals surface area (Å²) in [6.07, 6.45) is 3.81. The van der Waals surface area contributed by atoms with Crippen molar-refractivity contribution >= 4 is 43.4 Å². The summed E-state index contributed by atoms with van der Waals surface area (Å²) in [5, 5.41) is 7.93. The Morgan fingerprint density at radius 2 is 1.65 bits per heavy atom. The van der Waals surface area contributed by atoms with E-state index in [1.54, 1.807) is 31.3 Å². The fourth-order valence-corrected chi connectivity index (χ4v) is 5.30. The second kappa shape index (κ2) is 9.23.